The van der Waals surface area contributed by atoms with Gasteiger partial charge in [0.25, 0.3) is 0 Å². The van der Waals surface area contributed by atoms with E-state index in [2.05, 4.69) is 5.32 Å². The van der Waals surface area contributed by atoms with Gasteiger partial charge < -0.3 is 5.32 Å². The fraction of sp³-hybridized carbons (Fsp3) is 0.400. The van der Waals surface area contributed by atoms with Crippen LogP contribution in [0, 0.1) is 0 Å². The Balaban J connectivity index is 2.19. The molecule has 1 nitrogen and oxygen atoms in total. The molecule has 1 heterocycles. The summed E-state index contributed by atoms with van der Waals surface area (Å²) in [4.78, 5) is 0. The van der Waals surface area contributed by atoms with Crippen molar-refractivity contribution in [1.82, 2.24) is 5.32 Å². The topological polar surface area (TPSA) is 12.0 Å². The standard InChI is InChI=1S/C10H12FN/c11-10-7-12-6-9(10)8-4-2-1-3-5-8/h1-5,9-10,12H,6-7H2. The van der Waals surface area contributed by atoms with E-state index in [0.29, 0.717) is 6.54 Å². The smallest absolute Gasteiger partial charge is 0.121 e. The average Bonchev–Trinajstić information content (AvgIpc) is 2.53. The predicted molar refractivity (Wildman–Crippen MR) is 46.9 cm³/mol. The first kappa shape index (κ1) is 7.74. The number of rotatable bonds is 1. The van der Waals surface area contributed by atoms with E-state index in [1.807, 2.05) is 30.3 Å². The second-order valence-electron chi connectivity index (χ2n) is 3.19. The second kappa shape index (κ2) is 3.23. The zero-order chi connectivity index (χ0) is 8.39. The van der Waals surface area contributed by atoms with E-state index < -0.39 is 6.17 Å². The van der Waals surface area contributed by atoms with Gasteiger partial charge >= 0.3 is 0 Å². The van der Waals surface area contributed by atoms with Gasteiger partial charge in [0.05, 0.1) is 0 Å². The highest BCUT2D eigenvalue weighted by Crippen LogP contribution is 2.24. The summed E-state index contributed by atoms with van der Waals surface area (Å²) in [6.07, 6.45) is -0.715. The maximum Gasteiger partial charge on any atom is 0.121 e. The van der Waals surface area contributed by atoms with Crippen molar-refractivity contribution in [3.05, 3.63) is 35.9 Å². The van der Waals surface area contributed by atoms with E-state index in [-0.39, 0.29) is 5.92 Å². The SMILES string of the molecule is FC1CNCC1c1ccccc1. The first-order chi connectivity index (χ1) is 5.88. The van der Waals surface area contributed by atoms with Crippen LogP contribution in [0.4, 0.5) is 4.39 Å². The van der Waals surface area contributed by atoms with Crippen molar-refractivity contribution < 1.29 is 4.39 Å². The van der Waals surface area contributed by atoms with Crippen LogP contribution in [0.15, 0.2) is 30.3 Å². The minimum absolute atomic E-state index is 0.0613. The van der Waals surface area contributed by atoms with Gasteiger partial charge in [0.2, 0.25) is 0 Å². The Labute approximate surface area is 71.6 Å². The summed E-state index contributed by atoms with van der Waals surface area (Å²) in [5.74, 6) is 0.0613. The number of halogens is 1. The number of benzene rings is 1. The van der Waals surface area contributed by atoms with Gasteiger partial charge in [-0.3, -0.25) is 0 Å². The van der Waals surface area contributed by atoms with Gasteiger partial charge in [-0.2, -0.15) is 0 Å². The number of hydrogen-bond acceptors (Lipinski definition) is 1. The van der Waals surface area contributed by atoms with Crippen LogP contribution >= 0.6 is 0 Å². The lowest BCUT2D eigenvalue weighted by molar-refractivity contribution is 0.332. The van der Waals surface area contributed by atoms with E-state index >= 15 is 0 Å². The molecule has 0 saturated carbocycles. The summed E-state index contributed by atoms with van der Waals surface area (Å²) in [6.45, 7) is 1.27. The lowest BCUT2D eigenvalue weighted by Crippen LogP contribution is -2.10. The quantitative estimate of drug-likeness (QED) is 0.668. The molecule has 0 spiro atoms. The molecule has 2 heteroatoms. The van der Waals surface area contributed by atoms with Crippen molar-refractivity contribution in [1.29, 1.82) is 0 Å². The van der Waals surface area contributed by atoms with Crippen LogP contribution in [0.2, 0.25) is 0 Å². The van der Waals surface area contributed by atoms with Crippen LogP contribution in [0.25, 0.3) is 0 Å². The normalized spacial score (nSPS) is 29.1. The maximum absolute atomic E-state index is 13.2. The molecular weight excluding hydrogens is 153 g/mol. The maximum atomic E-state index is 13.2. The molecule has 1 aromatic carbocycles. The van der Waals surface area contributed by atoms with Crippen LogP contribution in [-0.2, 0) is 0 Å². The van der Waals surface area contributed by atoms with Crippen LogP contribution in [0.5, 0.6) is 0 Å². The Hall–Kier alpha value is -0.890. The van der Waals surface area contributed by atoms with Crippen molar-refractivity contribution >= 4 is 0 Å². The summed E-state index contributed by atoms with van der Waals surface area (Å²) in [5, 5.41) is 3.05. The first-order valence-electron chi connectivity index (χ1n) is 4.27. The summed E-state index contributed by atoms with van der Waals surface area (Å²) < 4.78 is 13.2. The van der Waals surface area contributed by atoms with Gasteiger partial charge in [-0.05, 0) is 5.56 Å². The molecule has 0 bridgehead atoms. The lowest BCUT2D eigenvalue weighted by atomic mass is 9.97. The number of hydrogen-bond donors (Lipinski definition) is 1. The van der Waals surface area contributed by atoms with Crippen LogP contribution in [-0.4, -0.2) is 19.3 Å². The fourth-order valence-electron chi connectivity index (χ4n) is 1.67. The summed E-state index contributed by atoms with van der Waals surface area (Å²) in [7, 11) is 0. The molecule has 2 rings (SSSR count). The Morgan fingerprint density at radius 3 is 2.50 bits per heavy atom. The molecule has 0 radical (unpaired) electrons. The van der Waals surface area contributed by atoms with Crippen LogP contribution in [0.3, 0.4) is 0 Å². The molecule has 2 atom stereocenters. The third-order valence-corrected chi connectivity index (χ3v) is 2.37. The summed E-state index contributed by atoms with van der Waals surface area (Å²) in [6, 6.07) is 9.86. The van der Waals surface area contributed by atoms with Crippen molar-refractivity contribution in [2.75, 3.05) is 13.1 Å². The molecule has 1 fully saturated rings. The first-order valence-corrected chi connectivity index (χ1v) is 4.27. The van der Waals surface area contributed by atoms with E-state index in [1.165, 1.54) is 0 Å². The summed E-state index contributed by atoms with van der Waals surface area (Å²) >= 11 is 0. The Bertz CT molecular complexity index is 247. The van der Waals surface area contributed by atoms with Gasteiger partial charge in [-0.1, -0.05) is 30.3 Å². The van der Waals surface area contributed by atoms with Gasteiger partial charge in [0, 0.05) is 19.0 Å². The van der Waals surface area contributed by atoms with Crippen molar-refractivity contribution in [2.24, 2.45) is 0 Å². The second-order valence-corrected chi connectivity index (χ2v) is 3.19. The Kier molecular flexibility index (Phi) is 2.09. The van der Waals surface area contributed by atoms with Gasteiger partial charge in [0.15, 0.2) is 0 Å². The molecule has 64 valence electrons. The van der Waals surface area contributed by atoms with Gasteiger partial charge in [-0.25, -0.2) is 4.39 Å². The Morgan fingerprint density at radius 1 is 1.17 bits per heavy atom. The van der Waals surface area contributed by atoms with E-state index in [9.17, 15) is 4.39 Å². The highest BCUT2D eigenvalue weighted by atomic mass is 19.1. The predicted octanol–water partition coefficient (Wildman–Crippen LogP) is 1.71. The zero-order valence-corrected chi connectivity index (χ0v) is 6.83. The van der Waals surface area contributed by atoms with E-state index in [0.717, 1.165) is 12.1 Å². The van der Waals surface area contributed by atoms with E-state index in [1.54, 1.807) is 0 Å². The summed E-state index contributed by atoms with van der Waals surface area (Å²) in [5.41, 5.74) is 1.11. The molecule has 2 unspecified atom stereocenters. The number of alkyl halides is 1. The van der Waals surface area contributed by atoms with Crippen molar-refractivity contribution in [3.63, 3.8) is 0 Å². The van der Waals surface area contributed by atoms with Gasteiger partial charge in [0.1, 0.15) is 6.17 Å². The minimum Gasteiger partial charge on any atom is -0.313 e. The number of nitrogens with one attached hydrogen (secondary N) is 1. The van der Waals surface area contributed by atoms with Crippen molar-refractivity contribution in [2.45, 2.75) is 12.1 Å². The van der Waals surface area contributed by atoms with Gasteiger partial charge in [-0.15, -0.1) is 0 Å². The zero-order valence-electron chi connectivity index (χ0n) is 6.83. The molecule has 0 aromatic heterocycles. The molecular formula is C10H12FN. The molecule has 1 saturated heterocycles. The third kappa shape index (κ3) is 1.34. The molecule has 1 aromatic rings. The highest BCUT2D eigenvalue weighted by molar-refractivity contribution is 5.22. The Morgan fingerprint density at radius 2 is 1.92 bits per heavy atom. The van der Waals surface area contributed by atoms with E-state index in [4.69, 9.17) is 0 Å². The molecule has 0 amide bonds. The van der Waals surface area contributed by atoms with Crippen LogP contribution in [0.1, 0.15) is 11.5 Å². The lowest BCUT2D eigenvalue weighted by Gasteiger charge is -2.10. The molecule has 1 aliphatic rings. The largest absolute Gasteiger partial charge is 0.313 e. The average molecular weight is 165 g/mol. The molecule has 0 aliphatic carbocycles. The van der Waals surface area contributed by atoms with Crippen LogP contribution < -0.4 is 5.32 Å². The minimum atomic E-state index is -0.715. The van der Waals surface area contributed by atoms with Crippen molar-refractivity contribution in [3.8, 4) is 0 Å². The fourth-order valence-corrected chi connectivity index (χ4v) is 1.67. The molecule has 12 heavy (non-hydrogen) atoms. The molecule has 1 aliphatic heterocycles. The monoisotopic (exact) mass is 165 g/mol. The molecule has 1 N–H and O–H groups in total. The highest BCUT2D eigenvalue weighted by Gasteiger charge is 2.27. The third-order valence-electron chi connectivity index (χ3n) is 2.37.